The Hall–Kier alpha value is -2.22. The van der Waals surface area contributed by atoms with E-state index in [1.54, 1.807) is 24.3 Å². The van der Waals surface area contributed by atoms with Crippen molar-refractivity contribution in [2.24, 2.45) is 0 Å². The minimum Gasteiger partial charge on any atom is -0.508 e. The largest absolute Gasteiger partial charge is 0.508 e. The van der Waals surface area contributed by atoms with Crippen LogP contribution in [0.1, 0.15) is 24.0 Å². The molecule has 10 radical (unpaired) electrons. The van der Waals surface area contributed by atoms with Gasteiger partial charge in [-0.15, -0.1) is 0 Å². The minimum atomic E-state index is 0.250. The minimum absolute atomic E-state index is 0.250. The lowest BCUT2D eigenvalue weighted by Crippen LogP contribution is -2.06. The van der Waals surface area contributed by atoms with Crippen LogP contribution in [0.5, 0.6) is 11.5 Å². The molecule has 28 heavy (non-hydrogen) atoms. The van der Waals surface area contributed by atoms with Crippen LogP contribution in [-0.2, 0) is 0 Å². The molecule has 2 N–H and O–H groups in total. The van der Waals surface area contributed by atoms with Crippen molar-refractivity contribution in [2.75, 3.05) is 0 Å². The van der Waals surface area contributed by atoms with E-state index in [0.717, 1.165) is 29.5 Å². The predicted octanol–water partition coefficient (Wildman–Crippen LogP) is 5.49. The number of hydrogen-bond acceptors (Lipinski definition) is 2. The Morgan fingerprint density at radius 1 is 0.607 bits per heavy atom. The Balaban J connectivity index is 1.77. The van der Waals surface area contributed by atoms with Crippen LogP contribution in [0.25, 0.3) is 5.57 Å². The summed E-state index contributed by atoms with van der Waals surface area (Å²) in [5.41, 5.74) is 4.46. The maximum Gasteiger partial charge on any atom is 0.115 e. The van der Waals surface area contributed by atoms with Crippen molar-refractivity contribution in [3.63, 3.8) is 0 Å². The number of phenols is 2. The van der Waals surface area contributed by atoms with Crippen molar-refractivity contribution in [2.45, 2.75) is 12.8 Å². The number of benzene rings is 2. The molecule has 2 heteroatoms. The normalized spacial score (nSPS) is 17.9. The van der Waals surface area contributed by atoms with E-state index >= 15 is 0 Å². The molecule has 0 aromatic heterocycles. The van der Waals surface area contributed by atoms with Crippen LogP contribution in [0.2, 0.25) is 0 Å². The van der Waals surface area contributed by atoms with Crippen LogP contribution >= 0.6 is 0 Å². The molecule has 0 unspecified atom stereocenters. The van der Waals surface area contributed by atoms with Gasteiger partial charge >= 0.3 is 0 Å². The summed E-state index contributed by atoms with van der Waals surface area (Å²) in [5.74, 6) is 3.02. The highest BCUT2D eigenvalue weighted by Crippen LogP contribution is 2.42. The fraction of sp³-hybridized carbons (Fsp3) is 0.0769. The van der Waals surface area contributed by atoms with E-state index in [1.165, 1.54) is 17.4 Å². The van der Waals surface area contributed by atoms with Gasteiger partial charge in [-0.1, -0.05) is 29.8 Å². The Morgan fingerprint density at radius 3 is 1.57 bits per heavy atom. The topological polar surface area (TPSA) is 40.5 Å². The van der Waals surface area contributed by atoms with Gasteiger partial charge in [0.05, 0.1) is 0 Å². The van der Waals surface area contributed by atoms with Gasteiger partial charge in [-0.3, -0.25) is 0 Å². The van der Waals surface area contributed by atoms with Crippen molar-refractivity contribution in [3.8, 4) is 11.5 Å². The quantitative estimate of drug-likeness (QED) is 0.710. The highest BCUT2D eigenvalue weighted by molar-refractivity contribution is 5.85. The Morgan fingerprint density at radius 2 is 1.07 bits per heavy atom. The van der Waals surface area contributed by atoms with Gasteiger partial charge in [0.2, 0.25) is 0 Å². The van der Waals surface area contributed by atoms with Gasteiger partial charge in [0.25, 0.3) is 0 Å². The van der Waals surface area contributed by atoms with Gasteiger partial charge in [-0.2, -0.15) is 0 Å². The molecule has 0 aliphatic heterocycles. The van der Waals surface area contributed by atoms with E-state index in [1.807, 2.05) is 24.3 Å². The average Bonchev–Trinajstić information content (AvgIpc) is 3.41. The number of hydrogen-bond donors (Lipinski definition) is 2. The number of phenolic OH excluding ortho intramolecular Hbond substituents is 2. The second kappa shape index (κ2) is 8.86. The van der Waals surface area contributed by atoms with Crippen molar-refractivity contribution in [3.05, 3.63) is 128 Å². The standard InChI is InChI=1S/C26H22O2/c27-23-14-10-21(11-15-23)26(22-12-16-24(28)17-13-22)25(20-7-3-4-8-20)18-9-19-5-1-2-6-19/h1-8,10-17,27-28H,9,18H2. The molecule has 2 aromatic carbocycles. The summed E-state index contributed by atoms with van der Waals surface area (Å²) in [7, 11) is 0. The maximum atomic E-state index is 9.75. The van der Waals surface area contributed by atoms with E-state index in [0.29, 0.717) is 0 Å². The molecule has 0 heterocycles. The highest BCUT2D eigenvalue weighted by atomic mass is 16.3. The zero-order valence-corrected chi connectivity index (χ0v) is 15.5. The van der Waals surface area contributed by atoms with Crippen molar-refractivity contribution >= 4 is 5.57 Å². The lowest BCUT2D eigenvalue weighted by molar-refractivity contribution is 0.475. The first-order chi connectivity index (χ1) is 13.7. The molecule has 2 aliphatic rings. The average molecular weight is 366 g/mol. The summed E-state index contributed by atoms with van der Waals surface area (Å²) >= 11 is 0. The van der Waals surface area contributed by atoms with Crippen LogP contribution < -0.4 is 0 Å². The third-order valence-electron chi connectivity index (χ3n) is 5.02. The number of allylic oxidation sites excluding steroid dienone is 1. The van der Waals surface area contributed by atoms with Gasteiger partial charge < -0.3 is 10.2 Å². The van der Waals surface area contributed by atoms with Gasteiger partial charge in [-0.25, -0.2) is 0 Å². The smallest absolute Gasteiger partial charge is 0.115 e. The zero-order chi connectivity index (χ0) is 19.3. The van der Waals surface area contributed by atoms with Gasteiger partial charge in [-0.05, 0) is 111 Å². The summed E-state index contributed by atoms with van der Waals surface area (Å²) in [6.07, 6.45) is 18.7. The van der Waals surface area contributed by atoms with Crippen molar-refractivity contribution in [1.82, 2.24) is 0 Å². The first-order valence-corrected chi connectivity index (χ1v) is 9.45. The second-order valence-electron chi connectivity index (χ2n) is 6.91. The Kier molecular flexibility index (Phi) is 6.04. The maximum absolute atomic E-state index is 9.75. The molecule has 0 atom stereocenters. The molecular formula is C26H22O2. The molecule has 0 amide bonds. The zero-order valence-electron chi connectivity index (χ0n) is 15.5. The number of aromatic hydroxyl groups is 2. The SMILES string of the molecule is Oc1ccc(C(=C(CC[C]2[CH][CH][CH][CH]2)[C]2[CH][CH][CH][CH]2)c2ccc(O)cc2)cc1. The van der Waals surface area contributed by atoms with E-state index in [9.17, 15) is 10.2 Å². The monoisotopic (exact) mass is 366 g/mol. The third-order valence-corrected chi connectivity index (χ3v) is 5.02. The lowest BCUT2D eigenvalue weighted by atomic mass is 9.82. The Bertz CT molecular complexity index is 742. The van der Waals surface area contributed by atoms with Crippen molar-refractivity contribution < 1.29 is 10.2 Å². The fourth-order valence-electron chi connectivity index (χ4n) is 3.61. The first-order valence-electron chi connectivity index (χ1n) is 9.45. The van der Waals surface area contributed by atoms with E-state index in [4.69, 9.17) is 0 Å². The van der Waals surface area contributed by atoms with Crippen LogP contribution in [0.3, 0.4) is 0 Å². The van der Waals surface area contributed by atoms with E-state index in [-0.39, 0.29) is 11.5 Å². The molecule has 0 bridgehead atoms. The summed E-state index contributed by atoms with van der Waals surface area (Å²) in [4.78, 5) is 0. The molecule has 138 valence electrons. The second-order valence-corrected chi connectivity index (χ2v) is 6.91. The summed E-state index contributed by atoms with van der Waals surface area (Å²) in [6, 6.07) is 14.7. The molecule has 2 saturated carbocycles. The molecule has 4 rings (SSSR count). The molecule has 0 spiro atoms. The van der Waals surface area contributed by atoms with E-state index < -0.39 is 0 Å². The molecule has 2 aromatic rings. The van der Waals surface area contributed by atoms with Crippen LogP contribution in [0.4, 0.5) is 0 Å². The molecule has 2 fully saturated rings. The van der Waals surface area contributed by atoms with Gasteiger partial charge in [0.15, 0.2) is 0 Å². The summed E-state index contributed by atoms with van der Waals surface area (Å²) < 4.78 is 0. The van der Waals surface area contributed by atoms with Crippen LogP contribution in [-0.4, -0.2) is 10.2 Å². The van der Waals surface area contributed by atoms with Gasteiger partial charge in [0.1, 0.15) is 11.5 Å². The van der Waals surface area contributed by atoms with Gasteiger partial charge in [0, 0.05) is 5.92 Å². The molecular weight excluding hydrogens is 344 g/mol. The highest BCUT2D eigenvalue weighted by Gasteiger charge is 2.27. The Labute approximate surface area is 168 Å². The summed E-state index contributed by atoms with van der Waals surface area (Å²) in [5, 5.41) is 19.5. The third kappa shape index (κ3) is 4.43. The molecule has 2 nitrogen and oxygen atoms in total. The first kappa shape index (κ1) is 19.1. The van der Waals surface area contributed by atoms with E-state index in [2.05, 4.69) is 51.4 Å². The van der Waals surface area contributed by atoms with Crippen LogP contribution in [0.15, 0.2) is 54.1 Å². The lowest BCUT2D eigenvalue weighted by Gasteiger charge is -2.22. The molecule has 2 aliphatic carbocycles. The summed E-state index contributed by atoms with van der Waals surface area (Å²) in [6.45, 7) is 0. The fourth-order valence-corrected chi connectivity index (χ4v) is 3.61. The molecule has 0 saturated heterocycles. The van der Waals surface area contributed by atoms with Crippen molar-refractivity contribution in [1.29, 1.82) is 0 Å². The predicted molar refractivity (Wildman–Crippen MR) is 112 cm³/mol. The number of rotatable bonds is 6. The van der Waals surface area contributed by atoms with Crippen LogP contribution in [0, 0.1) is 63.2 Å².